The summed E-state index contributed by atoms with van der Waals surface area (Å²) < 4.78 is 42.8. The number of aliphatic carboxylic acids is 1. The van der Waals surface area contributed by atoms with Crippen LogP contribution in [0, 0.1) is 12.8 Å². The molecule has 0 saturated carbocycles. The lowest BCUT2D eigenvalue weighted by Gasteiger charge is -2.38. The highest BCUT2D eigenvalue weighted by atomic mass is 32.1. The zero-order chi connectivity index (χ0) is 23.0. The van der Waals surface area contributed by atoms with Gasteiger partial charge in [0.2, 0.25) is 0 Å². The molecule has 1 aromatic carbocycles. The van der Waals surface area contributed by atoms with Gasteiger partial charge in [-0.25, -0.2) is 9.78 Å². The maximum Gasteiger partial charge on any atom is 0.490 e. The molecule has 1 aliphatic heterocycles. The number of methoxy groups -OCH3 is 2. The quantitative estimate of drug-likeness (QED) is 0.698. The fourth-order valence-electron chi connectivity index (χ4n) is 3.48. The lowest BCUT2D eigenvalue weighted by Crippen LogP contribution is -2.44. The highest BCUT2D eigenvalue weighted by Gasteiger charge is 2.38. The summed E-state index contributed by atoms with van der Waals surface area (Å²) in [4.78, 5) is 17.2. The number of halogens is 3. The molecular weight excluding hydrogens is 433 g/mol. The molecule has 2 heterocycles. The highest BCUT2D eigenvalue weighted by molar-refractivity contribution is 7.09. The van der Waals surface area contributed by atoms with Crippen LogP contribution in [0.3, 0.4) is 0 Å². The van der Waals surface area contributed by atoms with Gasteiger partial charge in [0.15, 0.2) is 0 Å². The first kappa shape index (κ1) is 25.1. The fourth-order valence-corrected chi connectivity index (χ4v) is 4.30. The van der Waals surface area contributed by atoms with Gasteiger partial charge >= 0.3 is 12.1 Å². The van der Waals surface area contributed by atoms with Crippen molar-refractivity contribution in [3.8, 4) is 5.75 Å². The molecule has 31 heavy (non-hydrogen) atoms. The van der Waals surface area contributed by atoms with Gasteiger partial charge in [-0.2, -0.15) is 13.2 Å². The summed E-state index contributed by atoms with van der Waals surface area (Å²) in [5.74, 6) is -1.33. The molecule has 1 N–H and O–H groups in total. The topological polar surface area (TPSA) is 71.9 Å². The number of carboxylic acid groups (broad SMARTS) is 1. The van der Waals surface area contributed by atoms with E-state index in [0.29, 0.717) is 12.0 Å². The number of rotatable bonds is 6. The Bertz CT molecular complexity index is 827. The average Bonchev–Trinajstić information content (AvgIpc) is 3.13. The van der Waals surface area contributed by atoms with Gasteiger partial charge in [0.1, 0.15) is 5.75 Å². The first-order valence-electron chi connectivity index (χ1n) is 9.71. The van der Waals surface area contributed by atoms with Crippen molar-refractivity contribution in [2.24, 2.45) is 5.92 Å². The summed E-state index contributed by atoms with van der Waals surface area (Å²) in [5.41, 5.74) is 4.46. The third kappa shape index (κ3) is 7.79. The standard InChI is InChI=1S/C19H26N2O2S.C2HF3O2/c1-14-19(24-13-20-14)12-21-9-8-18(23-3)16(11-21)10-15-4-6-17(22-2)7-5-15;3-2(4,5)1(6)7/h4-7,13,16,18H,8-12H2,1-3H3;(H,6,7)/t16-,18+;/m0./s1. The largest absolute Gasteiger partial charge is 0.497 e. The molecule has 2 atom stereocenters. The highest BCUT2D eigenvalue weighted by Crippen LogP contribution is 2.26. The predicted molar refractivity (Wildman–Crippen MR) is 111 cm³/mol. The Morgan fingerprint density at radius 2 is 1.94 bits per heavy atom. The third-order valence-electron chi connectivity index (χ3n) is 5.16. The van der Waals surface area contributed by atoms with Gasteiger partial charge in [0, 0.05) is 37.5 Å². The van der Waals surface area contributed by atoms with E-state index < -0.39 is 12.1 Å². The normalized spacial score (nSPS) is 19.4. The molecule has 1 aliphatic rings. The van der Waals surface area contributed by atoms with Crippen LogP contribution in [0.4, 0.5) is 13.2 Å². The van der Waals surface area contributed by atoms with Crippen molar-refractivity contribution in [1.29, 1.82) is 0 Å². The van der Waals surface area contributed by atoms with Crippen LogP contribution >= 0.6 is 11.3 Å². The summed E-state index contributed by atoms with van der Waals surface area (Å²) in [6, 6.07) is 8.41. The minimum Gasteiger partial charge on any atom is -0.497 e. The molecule has 172 valence electrons. The van der Waals surface area contributed by atoms with Gasteiger partial charge in [-0.15, -0.1) is 11.3 Å². The van der Waals surface area contributed by atoms with Crippen LogP contribution in [0.2, 0.25) is 0 Å². The first-order chi connectivity index (χ1) is 14.6. The van der Waals surface area contributed by atoms with Crippen LogP contribution in [0.25, 0.3) is 0 Å². The summed E-state index contributed by atoms with van der Waals surface area (Å²) in [6.07, 6.45) is -2.61. The van der Waals surface area contributed by atoms with Crippen molar-refractivity contribution in [2.45, 2.75) is 38.6 Å². The van der Waals surface area contributed by atoms with E-state index in [1.165, 1.54) is 16.1 Å². The molecular formula is C21H27F3N2O4S. The zero-order valence-corrected chi connectivity index (χ0v) is 18.5. The van der Waals surface area contributed by atoms with Crippen LogP contribution in [0.5, 0.6) is 5.75 Å². The van der Waals surface area contributed by atoms with Crippen LogP contribution in [-0.2, 0) is 22.5 Å². The van der Waals surface area contributed by atoms with Crippen molar-refractivity contribution in [1.82, 2.24) is 9.88 Å². The van der Waals surface area contributed by atoms with Crippen LogP contribution in [-0.4, -0.2) is 60.5 Å². The van der Waals surface area contributed by atoms with Gasteiger partial charge < -0.3 is 14.6 Å². The number of alkyl halides is 3. The first-order valence-corrected chi connectivity index (χ1v) is 10.6. The van der Waals surface area contributed by atoms with Gasteiger partial charge in [-0.3, -0.25) is 4.90 Å². The molecule has 1 fully saturated rings. The number of ether oxygens (including phenoxy) is 2. The van der Waals surface area contributed by atoms with E-state index in [0.717, 1.165) is 38.2 Å². The van der Waals surface area contributed by atoms with Gasteiger partial charge in [-0.1, -0.05) is 12.1 Å². The maximum atomic E-state index is 10.6. The molecule has 0 unspecified atom stereocenters. The van der Waals surface area contributed by atoms with E-state index in [-0.39, 0.29) is 0 Å². The molecule has 0 aliphatic carbocycles. The summed E-state index contributed by atoms with van der Waals surface area (Å²) in [6.45, 7) is 5.27. The van der Waals surface area contributed by atoms with Gasteiger partial charge in [-0.05, 0) is 37.5 Å². The second-order valence-electron chi connectivity index (χ2n) is 7.27. The Morgan fingerprint density at radius 3 is 2.42 bits per heavy atom. The van der Waals surface area contributed by atoms with E-state index >= 15 is 0 Å². The third-order valence-corrected chi connectivity index (χ3v) is 6.08. The fraction of sp³-hybridized carbons (Fsp3) is 0.524. The number of piperidine rings is 1. The Kier molecular flexibility index (Phi) is 9.27. The molecule has 1 saturated heterocycles. The van der Waals surface area contributed by atoms with Gasteiger partial charge in [0.05, 0.1) is 24.4 Å². The van der Waals surface area contributed by atoms with Crippen molar-refractivity contribution >= 4 is 17.3 Å². The number of benzene rings is 1. The molecule has 6 nitrogen and oxygen atoms in total. The number of likely N-dealkylation sites (tertiary alicyclic amines) is 1. The Labute approximate surface area is 183 Å². The molecule has 0 bridgehead atoms. The number of nitrogens with zero attached hydrogens (tertiary/aromatic N) is 2. The number of carbonyl (C=O) groups is 1. The van der Waals surface area contributed by atoms with Crippen molar-refractivity contribution < 1.29 is 32.5 Å². The predicted octanol–water partition coefficient (Wildman–Crippen LogP) is 4.17. The zero-order valence-electron chi connectivity index (χ0n) is 17.7. The van der Waals surface area contributed by atoms with E-state index in [4.69, 9.17) is 19.4 Å². The minimum atomic E-state index is -5.08. The molecule has 1 aromatic heterocycles. The number of aryl methyl sites for hydroxylation is 1. The lowest BCUT2D eigenvalue weighted by atomic mass is 9.88. The smallest absolute Gasteiger partial charge is 0.490 e. The van der Waals surface area contributed by atoms with Crippen LogP contribution in [0.1, 0.15) is 22.6 Å². The molecule has 3 rings (SSSR count). The second-order valence-corrected chi connectivity index (χ2v) is 8.21. The van der Waals surface area contributed by atoms with E-state index in [9.17, 15) is 13.2 Å². The van der Waals surface area contributed by atoms with Crippen LogP contribution in [0.15, 0.2) is 29.8 Å². The summed E-state index contributed by atoms with van der Waals surface area (Å²) in [5, 5.41) is 7.12. The summed E-state index contributed by atoms with van der Waals surface area (Å²) in [7, 11) is 3.55. The van der Waals surface area contributed by atoms with Crippen LogP contribution < -0.4 is 4.74 Å². The Morgan fingerprint density at radius 1 is 1.29 bits per heavy atom. The molecule has 0 spiro atoms. The number of thiazole rings is 1. The van der Waals surface area contributed by atoms with Crippen molar-refractivity contribution in [3.05, 3.63) is 45.9 Å². The second kappa shape index (κ2) is 11.4. The number of carboxylic acids is 1. The van der Waals surface area contributed by atoms with E-state index in [1.54, 1.807) is 18.4 Å². The molecule has 0 radical (unpaired) electrons. The molecule has 2 aromatic rings. The minimum absolute atomic E-state index is 0.339. The van der Waals surface area contributed by atoms with Crippen molar-refractivity contribution in [2.75, 3.05) is 27.3 Å². The van der Waals surface area contributed by atoms with Crippen molar-refractivity contribution in [3.63, 3.8) is 0 Å². The SMILES string of the molecule is COc1ccc(C[C@H]2CN(Cc3scnc3C)CC[C@H]2OC)cc1.O=C(O)C(F)(F)F. The number of aromatic nitrogens is 1. The maximum absolute atomic E-state index is 10.6. The van der Waals surface area contributed by atoms with E-state index in [1.807, 2.05) is 24.8 Å². The Hall–Kier alpha value is -2.17. The summed E-state index contributed by atoms with van der Waals surface area (Å²) >= 11 is 1.76. The van der Waals surface area contributed by atoms with Gasteiger partial charge in [0.25, 0.3) is 0 Å². The van der Waals surface area contributed by atoms with E-state index in [2.05, 4.69) is 28.9 Å². The molecule has 0 amide bonds. The monoisotopic (exact) mass is 460 g/mol. The number of hydrogen-bond acceptors (Lipinski definition) is 6. The number of hydrogen-bond donors (Lipinski definition) is 1. The lowest BCUT2D eigenvalue weighted by molar-refractivity contribution is -0.192. The molecule has 10 heteroatoms. The Balaban J connectivity index is 0.000000423. The average molecular weight is 461 g/mol.